The van der Waals surface area contributed by atoms with Crippen molar-refractivity contribution < 1.29 is 14.3 Å². The van der Waals surface area contributed by atoms with Gasteiger partial charge in [0.1, 0.15) is 11.0 Å². The lowest BCUT2D eigenvalue weighted by molar-refractivity contribution is -0.122. The van der Waals surface area contributed by atoms with E-state index in [9.17, 15) is 9.59 Å². The minimum atomic E-state index is -0.415. The molecule has 7 heteroatoms. The van der Waals surface area contributed by atoms with Crippen LogP contribution in [0.5, 0.6) is 5.75 Å². The molecule has 1 aliphatic carbocycles. The summed E-state index contributed by atoms with van der Waals surface area (Å²) >= 11 is 1.36. The van der Waals surface area contributed by atoms with Gasteiger partial charge in [0.2, 0.25) is 11.8 Å². The first-order chi connectivity index (χ1) is 12.6. The van der Waals surface area contributed by atoms with Crippen LogP contribution < -0.4 is 15.4 Å². The largest absolute Gasteiger partial charge is 0.494 e. The van der Waals surface area contributed by atoms with Crippen molar-refractivity contribution in [1.29, 1.82) is 0 Å². The van der Waals surface area contributed by atoms with Crippen LogP contribution in [-0.2, 0) is 9.59 Å². The van der Waals surface area contributed by atoms with Crippen molar-refractivity contribution in [3.8, 4) is 5.75 Å². The van der Waals surface area contributed by atoms with Crippen LogP contribution >= 0.6 is 11.8 Å². The molecule has 1 atom stereocenters. The Bertz CT molecular complexity index is 669. The number of amidine groups is 1. The van der Waals surface area contributed by atoms with Crippen molar-refractivity contribution in [2.75, 3.05) is 11.9 Å². The molecule has 3 rings (SSSR count). The molecule has 0 bridgehead atoms. The maximum Gasteiger partial charge on any atom is 0.240 e. The Morgan fingerprint density at radius 1 is 1.31 bits per heavy atom. The molecular formula is C19H25N3O3S. The first kappa shape index (κ1) is 18.8. The second-order valence-corrected chi connectivity index (χ2v) is 7.78. The average Bonchev–Trinajstić information content (AvgIpc) is 3.25. The predicted octanol–water partition coefficient (Wildman–Crippen LogP) is 3.33. The number of benzene rings is 1. The number of hydrogen-bond donors (Lipinski definition) is 2. The van der Waals surface area contributed by atoms with Gasteiger partial charge in [-0.3, -0.25) is 14.6 Å². The third-order valence-corrected chi connectivity index (χ3v) is 5.48. The minimum absolute atomic E-state index is 0.133. The molecule has 2 aliphatic rings. The van der Waals surface area contributed by atoms with E-state index in [1.165, 1.54) is 24.6 Å². The summed E-state index contributed by atoms with van der Waals surface area (Å²) in [5.74, 6) is 0.468. The number of aliphatic imine (C=N–C) groups is 1. The van der Waals surface area contributed by atoms with Crippen molar-refractivity contribution in [3.05, 3.63) is 24.3 Å². The molecule has 26 heavy (non-hydrogen) atoms. The van der Waals surface area contributed by atoms with E-state index in [2.05, 4.69) is 22.5 Å². The molecular weight excluding hydrogens is 350 g/mol. The SMILES string of the molecule is CCCOc1ccc(NC(=O)CC2SC(=NC3CCCC3)NC2=O)cc1. The molecule has 1 aromatic rings. The molecule has 1 saturated carbocycles. The maximum atomic E-state index is 12.2. The standard InChI is InChI=1S/C19H25N3O3S/c1-2-11-25-15-9-7-14(8-10-15)20-17(23)12-16-18(24)22-19(26-16)21-13-5-3-4-6-13/h7-10,13,16H,2-6,11-12H2,1H3,(H,20,23)(H,21,22,24). The van der Waals surface area contributed by atoms with E-state index in [4.69, 9.17) is 4.74 Å². The molecule has 1 unspecified atom stereocenters. The molecule has 0 radical (unpaired) electrons. The van der Waals surface area contributed by atoms with Crippen LogP contribution in [0.3, 0.4) is 0 Å². The summed E-state index contributed by atoms with van der Waals surface area (Å²) in [5, 5.41) is 5.89. The van der Waals surface area contributed by atoms with E-state index < -0.39 is 5.25 Å². The van der Waals surface area contributed by atoms with Gasteiger partial charge in [-0.2, -0.15) is 0 Å². The van der Waals surface area contributed by atoms with Crippen LogP contribution in [0.15, 0.2) is 29.3 Å². The zero-order valence-electron chi connectivity index (χ0n) is 15.0. The van der Waals surface area contributed by atoms with Crippen LogP contribution in [0.2, 0.25) is 0 Å². The quantitative estimate of drug-likeness (QED) is 0.766. The van der Waals surface area contributed by atoms with Crippen molar-refractivity contribution in [3.63, 3.8) is 0 Å². The van der Waals surface area contributed by atoms with Crippen LogP contribution in [-0.4, -0.2) is 34.9 Å². The number of carbonyl (C=O) groups is 2. The molecule has 140 valence electrons. The molecule has 1 heterocycles. The summed E-state index contributed by atoms with van der Waals surface area (Å²) in [6.07, 6.45) is 5.66. The van der Waals surface area contributed by atoms with Crippen LogP contribution in [0.25, 0.3) is 0 Å². The Balaban J connectivity index is 1.49. The summed E-state index contributed by atoms with van der Waals surface area (Å²) in [4.78, 5) is 28.9. The number of anilines is 1. The summed E-state index contributed by atoms with van der Waals surface area (Å²) < 4.78 is 5.52. The summed E-state index contributed by atoms with van der Waals surface area (Å²) in [6.45, 7) is 2.72. The van der Waals surface area contributed by atoms with Gasteiger partial charge >= 0.3 is 0 Å². The highest BCUT2D eigenvalue weighted by atomic mass is 32.2. The number of ether oxygens (including phenoxy) is 1. The van der Waals surface area contributed by atoms with Crippen molar-refractivity contribution >= 4 is 34.4 Å². The van der Waals surface area contributed by atoms with Gasteiger partial charge in [0.15, 0.2) is 5.17 Å². The number of carbonyl (C=O) groups excluding carboxylic acids is 2. The van der Waals surface area contributed by atoms with Gasteiger partial charge in [-0.15, -0.1) is 0 Å². The lowest BCUT2D eigenvalue weighted by Gasteiger charge is -2.09. The number of thioether (sulfide) groups is 1. The third-order valence-electron chi connectivity index (χ3n) is 4.38. The van der Waals surface area contributed by atoms with Crippen LogP contribution in [0.4, 0.5) is 5.69 Å². The fourth-order valence-corrected chi connectivity index (χ4v) is 4.07. The van der Waals surface area contributed by atoms with Crippen molar-refractivity contribution in [1.82, 2.24) is 5.32 Å². The number of hydrogen-bond acceptors (Lipinski definition) is 5. The second-order valence-electron chi connectivity index (χ2n) is 6.59. The molecule has 6 nitrogen and oxygen atoms in total. The molecule has 2 fully saturated rings. The van der Waals surface area contributed by atoms with E-state index in [-0.39, 0.29) is 18.2 Å². The lowest BCUT2D eigenvalue weighted by Crippen LogP contribution is -2.28. The van der Waals surface area contributed by atoms with E-state index in [1.54, 1.807) is 12.1 Å². The Morgan fingerprint density at radius 3 is 2.73 bits per heavy atom. The zero-order valence-corrected chi connectivity index (χ0v) is 15.8. The van der Waals surface area contributed by atoms with Gasteiger partial charge in [0, 0.05) is 12.1 Å². The zero-order chi connectivity index (χ0) is 18.4. The van der Waals surface area contributed by atoms with Gasteiger partial charge in [0.05, 0.1) is 12.6 Å². The normalized spacial score (nSPS) is 21.8. The Labute approximate surface area is 158 Å². The predicted molar refractivity (Wildman–Crippen MR) is 105 cm³/mol. The highest BCUT2D eigenvalue weighted by Gasteiger charge is 2.32. The lowest BCUT2D eigenvalue weighted by atomic mass is 10.2. The first-order valence-electron chi connectivity index (χ1n) is 9.22. The van der Waals surface area contributed by atoms with Gasteiger partial charge in [-0.05, 0) is 43.5 Å². The Hall–Kier alpha value is -2.02. The van der Waals surface area contributed by atoms with Gasteiger partial charge in [0.25, 0.3) is 0 Å². The van der Waals surface area contributed by atoms with Gasteiger partial charge < -0.3 is 15.4 Å². The van der Waals surface area contributed by atoms with Gasteiger partial charge in [-0.25, -0.2) is 0 Å². The summed E-state index contributed by atoms with van der Waals surface area (Å²) in [7, 11) is 0. The van der Waals surface area contributed by atoms with Crippen LogP contribution in [0, 0.1) is 0 Å². The number of nitrogens with one attached hydrogen (secondary N) is 2. The summed E-state index contributed by atoms with van der Waals surface area (Å²) in [6, 6.07) is 7.58. The van der Waals surface area contributed by atoms with Crippen molar-refractivity contribution in [2.24, 2.45) is 4.99 Å². The third kappa shape index (κ3) is 5.24. The molecule has 1 aliphatic heterocycles. The van der Waals surface area contributed by atoms with Crippen molar-refractivity contribution in [2.45, 2.75) is 56.7 Å². The maximum absolute atomic E-state index is 12.2. The highest BCUT2D eigenvalue weighted by molar-refractivity contribution is 8.15. The van der Waals surface area contributed by atoms with E-state index >= 15 is 0 Å². The van der Waals surface area contributed by atoms with E-state index in [1.807, 2.05) is 12.1 Å². The monoisotopic (exact) mass is 375 g/mol. The first-order valence-corrected chi connectivity index (χ1v) is 10.1. The average molecular weight is 375 g/mol. The molecule has 1 aromatic carbocycles. The van der Waals surface area contributed by atoms with E-state index in [0.29, 0.717) is 23.5 Å². The Morgan fingerprint density at radius 2 is 2.04 bits per heavy atom. The fraction of sp³-hybridized carbons (Fsp3) is 0.526. The van der Waals surface area contributed by atoms with Gasteiger partial charge in [-0.1, -0.05) is 31.5 Å². The fourth-order valence-electron chi connectivity index (χ4n) is 3.03. The molecule has 0 aromatic heterocycles. The number of nitrogens with zero attached hydrogens (tertiary/aromatic N) is 1. The van der Waals surface area contributed by atoms with Crippen LogP contribution in [0.1, 0.15) is 45.4 Å². The molecule has 1 saturated heterocycles. The Kier molecular flexibility index (Phi) is 6.55. The highest BCUT2D eigenvalue weighted by Crippen LogP contribution is 2.27. The minimum Gasteiger partial charge on any atom is -0.494 e. The smallest absolute Gasteiger partial charge is 0.240 e. The summed E-state index contributed by atoms with van der Waals surface area (Å²) in [5.41, 5.74) is 0.696. The van der Waals surface area contributed by atoms with E-state index in [0.717, 1.165) is 25.0 Å². The number of rotatable bonds is 7. The number of amides is 2. The molecule has 0 spiro atoms. The molecule has 2 N–H and O–H groups in total. The topological polar surface area (TPSA) is 79.8 Å². The molecule has 2 amide bonds. The second kappa shape index (κ2) is 9.07.